The van der Waals surface area contributed by atoms with Crippen LogP contribution in [0.25, 0.3) is 0 Å². The van der Waals surface area contributed by atoms with Crippen LogP contribution in [0.3, 0.4) is 0 Å². The summed E-state index contributed by atoms with van der Waals surface area (Å²) in [6, 6.07) is 0. The third-order valence-electron chi connectivity index (χ3n) is 0.978. The van der Waals surface area contributed by atoms with Crippen LogP contribution in [0.1, 0.15) is 13.8 Å². The largest absolute Gasteiger partial charge is 0.461 e. The van der Waals surface area contributed by atoms with E-state index >= 15 is 0 Å². The summed E-state index contributed by atoms with van der Waals surface area (Å²) in [5, 5.41) is 0. The van der Waals surface area contributed by atoms with Crippen molar-refractivity contribution >= 4 is 12.3 Å². The Morgan fingerprint density at radius 3 is 2.55 bits per heavy atom. The summed E-state index contributed by atoms with van der Waals surface area (Å²) >= 11 is 0. The van der Waals surface area contributed by atoms with Gasteiger partial charge in [-0.15, -0.1) is 0 Å². The Bertz CT molecular complexity index is 196. The van der Waals surface area contributed by atoms with Crippen LogP contribution < -0.4 is 0 Å². The molecule has 0 rings (SSSR count). The molecule has 0 saturated carbocycles. The first-order valence-electron chi connectivity index (χ1n) is 3.12. The first-order chi connectivity index (χ1) is 5.13. The second kappa shape index (κ2) is 4.60. The minimum Gasteiger partial charge on any atom is -0.461 e. The molecule has 0 aromatic heterocycles. The molecule has 0 spiro atoms. The van der Waals surface area contributed by atoms with E-state index in [0.29, 0.717) is 0 Å². The summed E-state index contributed by atoms with van der Waals surface area (Å²) in [5.74, 6) is -2.21. The van der Waals surface area contributed by atoms with Crippen molar-refractivity contribution in [3.05, 3.63) is 11.4 Å². The van der Waals surface area contributed by atoms with Gasteiger partial charge in [0, 0.05) is 5.57 Å². The van der Waals surface area contributed by atoms with Crippen LogP contribution in [-0.2, 0) is 14.3 Å². The number of aldehydes is 1. The Balaban J connectivity index is 4.33. The Morgan fingerprint density at radius 2 is 2.18 bits per heavy atom. The summed E-state index contributed by atoms with van der Waals surface area (Å²) in [6.45, 7) is 2.86. The summed E-state index contributed by atoms with van der Waals surface area (Å²) in [6.07, 6.45) is 0.270. The lowest BCUT2D eigenvalue weighted by molar-refractivity contribution is -0.140. The van der Waals surface area contributed by atoms with E-state index < -0.39 is 11.8 Å². The lowest BCUT2D eigenvalue weighted by Gasteiger charge is -1.98. The van der Waals surface area contributed by atoms with Gasteiger partial charge in [0.1, 0.15) is 6.29 Å². The second-order valence-electron chi connectivity index (χ2n) is 1.84. The molecule has 0 aromatic rings. The minimum absolute atomic E-state index is 0.0956. The standard InChI is InChI=1S/C7H9FO3/c1-3-11-7(10)6(8)5(2)4-9/h4H,3H2,1-2H3. The van der Waals surface area contributed by atoms with Gasteiger partial charge in [0.15, 0.2) is 0 Å². The molecule has 0 N–H and O–H groups in total. The molecule has 0 amide bonds. The summed E-state index contributed by atoms with van der Waals surface area (Å²) in [5.41, 5.74) is -0.247. The highest BCUT2D eigenvalue weighted by Crippen LogP contribution is 2.04. The maximum Gasteiger partial charge on any atom is 0.367 e. The number of ether oxygens (including phenoxy) is 1. The molecule has 0 saturated heterocycles. The van der Waals surface area contributed by atoms with E-state index in [-0.39, 0.29) is 18.5 Å². The number of hydrogen-bond acceptors (Lipinski definition) is 3. The van der Waals surface area contributed by atoms with Gasteiger partial charge in [-0.3, -0.25) is 4.79 Å². The van der Waals surface area contributed by atoms with Gasteiger partial charge in [0.2, 0.25) is 5.83 Å². The normalized spacial score (nSPS) is 11.9. The fraction of sp³-hybridized carbons (Fsp3) is 0.429. The van der Waals surface area contributed by atoms with E-state index in [1.165, 1.54) is 6.92 Å². The van der Waals surface area contributed by atoms with Gasteiger partial charge in [-0.1, -0.05) is 0 Å². The lowest BCUT2D eigenvalue weighted by Crippen LogP contribution is -2.06. The van der Waals surface area contributed by atoms with Gasteiger partial charge in [0.05, 0.1) is 6.61 Å². The van der Waals surface area contributed by atoms with Crippen LogP contribution in [0.2, 0.25) is 0 Å². The SMILES string of the molecule is CCOC(=O)C(F)=C(C)C=O. The number of carbonyl (C=O) groups excluding carboxylic acids is 2. The fourth-order valence-electron chi connectivity index (χ4n) is 0.407. The highest BCUT2D eigenvalue weighted by atomic mass is 19.1. The Hall–Kier alpha value is -1.19. The van der Waals surface area contributed by atoms with Gasteiger partial charge < -0.3 is 4.74 Å². The maximum absolute atomic E-state index is 12.6. The molecule has 4 heteroatoms. The molecule has 0 aromatic carbocycles. The number of allylic oxidation sites excluding steroid dienone is 1. The van der Waals surface area contributed by atoms with Gasteiger partial charge in [-0.05, 0) is 13.8 Å². The van der Waals surface area contributed by atoms with Crippen LogP contribution in [0, 0.1) is 0 Å². The van der Waals surface area contributed by atoms with Crippen molar-refractivity contribution < 1.29 is 18.7 Å². The first kappa shape index (κ1) is 9.81. The first-order valence-corrected chi connectivity index (χ1v) is 3.12. The van der Waals surface area contributed by atoms with Gasteiger partial charge in [-0.2, -0.15) is 4.39 Å². The molecule has 0 unspecified atom stereocenters. The van der Waals surface area contributed by atoms with E-state index in [0.717, 1.165) is 0 Å². The van der Waals surface area contributed by atoms with Crippen molar-refractivity contribution in [2.75, 3.05) is 6.61 Å². The highest BCUT2D eigenvalue weighted by Gasteiger charge is 2.12. The molecule has 0 heterocycles. The van der Waals surface area contributed by atoms with Crippen LogP contribution in [0.5, 0.6) is 0 Å². The quantitative estimate of drug-likeness (QED) is 0.351. The highest BCUT2D eigenvalue weighted by molar-refractivity contribution is 5.92. The molecule has 0 atom stereocenters. The van der Waals surface area contributed by atoms with E-state index in [4.69, 9.17) is 0 Å². The predicted molar refractivity (Wildman–Crippen MR) is 36.5 cm³/mol. The maximum atomic E-state index is 12.6. The topological polar surface area (TPSA) is 43.4 Å². The average Bonchev–Trinajstić information content (AvgIpc) is 2.02. The monoisotopic (exact) mass is 160 g/mol. The zero-order valence-corrected chi connectivity index (χ0v) is 6.39. The van der Waals surface area contributed by atoms with E-state index in [9.17, 15) is 14.0 Å². The molecule has 3 nitrogen and oxygen atoms in total. The molecule has 11 heavy (non-hydrogen) atoms. The van der Waals surface area contributed by atoms with E-state index in [2.05, 4.69) is 4.74 Å². The third-order valence-corrected chi connectivity index (χ3v) is 0.978. The summed E-state index contributed by atoms with van der Waals surface area (Å²) in [7, 11) is 0. The lowest BCUT2D eigenvalue weighted by atomic mass is 10.3. The molecular weight excluding hydrogens is 151 g/mol. The van der Waals surface area contributed by atoms with Crippen LogP contribution in [-0.4, -0.2) is 18.9 Å². The molecule has 0 aliphatic carbocycles. The van der Waals surface area contributed by atoms with Crippen molar-refractivity contribution in [2.45, 2.75) is 13.8 Å². The zero-order chi connectivity index (χ0) is 8.85. The van der Waals surface area contributed by atoms with Gasteiger partial charge in [0.25, 0.3) is 0 Å². The molecule has 0 aliphatic heterocycles. The molecule has 0 aliphatic rings. The van der Waals surface area contributed by atoms with Crippen molar-refractivity contribution in [3.63, 3.8) is 0 Å². The number of rotatable bonds is 3. The van der Waals surface area contributed by atoms with Crippen molar-refractivity contribution in [2.24, 2.45) is 0 Å². The number of halogens is 1. The Kier molecular flexibility index (Phi) is 4.10. The minimum atomic E-state index is -1.12. The fourth-order valence-corrected chi connectivity index (χ4v) is 0.407. The van der Waals surface area contributed by atoms with E-state index in [1.807, 2.05) is 0 Å². The van der Waals surface area contributed by atoms with Crippen molar-refractivity contribution in [1.82, 2.24) is 0 Å². The summed E-state index contributed by atoms with van der Waals surface area (Å²) in [4.78, 5) is 20.5. The van der Waals surface area contributed by atoms with E-state index in [1.54, 1.807) is 6.92 Å². The zero-order valence-electron chi connectivity index (χ0n) is 6.39. The molecule has 0 bridgehead atoms. The molecule has 0 radical (unpaired) electrons. The second-order valence-corrected chi connectivity index (χ2v) is 1.84. The van der Waals surface area contributed by atoms with Gasteiger partial charge in [-0.25, -0.2) is 4.79 Å². The average molecular weight is 160 g/mol. The molecule has 0 fully saturated rings. The predicted octanol–water partition coefficient (Wildman–Crippen LogP) is 0.992. The summed E-state index contributed by atoms with van der Waals surface area (Å²) < 4.78 is 16.8. The Morgan fingerprint density at radius 1 is 1.64 bits per heavy atom. The molecule has 62 valence electrons. The number of esters is 1. The number of carbonyl (C=O) groups is 2. The van der Waals surface area contributed by atoms with Crippen LogP contribution >= 0.6 is 0 Å². The molecular formula is C7H9FO3. The van der Waals surface area contributed by atoms with Crippen molar-refractivity contribution in [3.8, 4) is 0 Å². The smallest absolute Gasteiger partial charge is 0.367 e. The van der Waals surface area contributed by atoms with Crippen LogP contribution in [0.15, 0.2) is 11.4 Å². The van der Waals surface area contributed by atoms with Crippen LogP contribution in [0.4, 0.5) is 4.39 Å². The van der Waals surface area contributed by atoms with Crippen molar-refractivity contribution in [1.29, 1.82) is 0 Å². The Labute approximate surface area is 63.8 Å². The number of hydrogen-bond donors (Lipinski definition) is 0. The third kappa shape index (κ3) is 2.93. The van der Waals surface area contributed by atoms with Gasteiger partial charge >= 0.3 is 5.97 Å².